The molecule has 14 nitrogen and oxygen atoms in total. The molecule has 0 N–H and O–H groups in total. The molecular formula is C120H77N11O3. The smallest absolute Gasteiger partial charge is 0.230 e. The van der Waals surface area contributed by atoms with E-state index in [-0.39, 0.29) is 0 Å². The molecule has 0 aliphatic carbocycles. The third-order valence-corrected chi connectivity index (χ3v) is 25.3. The Hall–Kier alpha value is -18.4. The molecule has 0 aliphatic rings. The van der Waals surface area contributed by atoms with E-state index in [1.54, 1.807) is 0 Å². The van der Waals surface area contributed by atoms with Gasteiger partial charge in [-0.25, -0.2) is 29.9 Å². The number of hydrogen-bond donors (Lipinski definition) is 0. The second-order valence-electron chi connectivity index (χ2n) is 33.2. The third kappa shape index (κ3) is 13.7. The Morgan fingerprint density at radius 3 is 0.978 bits per heavy atom. The maximum absolute atomic E-state index is 6.59. The molecule has 0 bridgehead atoms. The van der Waals surface area contributed by atoms with E-state index < -0.39 is 0 Å². The van der Waals surface area contributed by atoms with Gasteiger partial charge in [-0.05, 0) is 125 Å². The van der Waals surface area contributed by atoms with Crippen LogP contribution in [-0.4, -0.2) is 47.7 Å². The summed E-state index contributed by atoms with van der Waals surface area (Å²) in [5.74, 6) is 3.83. The fourth-order valence-electron chi connectivity index (χ4n) is 19.1. The van der Waals surface area contributed by atoms with E-state index in [0.29, 0.717) is 34.9 Å². The summed E-state index contributed by atoms with van der Waals surface area (Å²) in [7, 11) is 0. The first-order chi connectivity index (χ1) is 66.5. The number of hydrogen-bond acceptors (Lipinski definition) is 10. The molecule has 0 fully saturated rings. The largest absolute Gasteiger partial charge is 0.438 e. The Morgan fingerprint density at radius 2 is 0.515 bits per heavy atom. The first kappa shape index (κ1) is 77.9. The summed E-state index contributed by atoms with van der Waals surface area (Å²) in [5.41, 5.74) is 32.8. The van der Waals surface area contributed by atoms with Crippen LogP contribution < -0.4 is 4.90 Å². The fourth-order valence-corrected chi connectivity index (χ4v) is 19.1. The van der Waals surface area contributed by atoms with E-state index in [1.807, 2.05) is 164 Å². The number of fused-ring (bicyclic) bond motifs is 18. The Kier molecular flexibility index (Phi) is 19.2. The van der Waals surface area contributed by atoms with Crippen molar-refractivity contribution in [3.63, 3.8) is 0 Å². The van der Waals surface area contributed by atoms with Gasteiger partial charge in [-0.15, -0.1) is 0 Å². The molecule has 0 amide bonds. The van der Waals surface area contributed by atoms with Crippen molar-refractivity contribution in [2.75, 3.05) is 4.90 Å². The molecule has 0 saturated heterocycles. The zero-order valence-corrected chi connectivity index (χ0v) is 72.1. The molecule has 27 rings (SSSR count). The lowest BCUT2D eigenvalue weighted by molar-refractivity contribution is 0.657. The lowest BCUT2D eigenvalue weighted by Gasteiger charge is -2.25. The SMILES string of the molecule is c1ccc(-c2ccc3c(-c4ccc(-c5nc(-c6ccccc6)nc(-c6ccccc6)n5)cc4)c4oc5ccccc5n4c3c2)cc1.c1ccc(-c2nc(-c3ccccc3)nc(-c3ccc(-c4c5cccc(-c6ccccc6)c5n5c4oc4ccccc45)cc3)n2)cc1.c1ccc(N(c2ccc(-n3c4ccccc4c4ccccc43)cc2)c2c3ccccc3n3c2oc2ccccc23)cc1. The molecule has 0 unspecified atom stereocenters. The lowest BCUT2D eigenvalue weighted by Crippen LogP contribution is -2.10. The zero-order chi connectivity index (χ0) is 88.5. The lowest BCUT2D eigenvalue weighted by atomic mass is 9.98. The standard InChI is InChI=1S/2C41H26N4O.C38H25N3O/c1-4-13-27(14-5-1)32-19-12-20-33-36(41-45(37(32)33)34-21-10-11-22-35(34)46-41)28-23-25-31(26-24-28)40-43-38(29-15-6-2-7-16-29)42-39(44-40)30-17-8-3-9-18-30;1-4-12-27(13-5-1)32-24-25-33-35(26-32)45-34-18-10-11-19-36(34)46-41(45)37(33)28-20-22-31(23-21-28)40-43-38(29-14-6-2-7-15-29)42-39(44-40)30-16-8-3-9-17-30;1-2-12-26(13-3-1)39(37-31-16-6-9-19-34(31)41-35-20-10-11-21-36(35)42-38(37)41)27-22-24-28(25-23-27)40-32-17-7-4-14-29(32)30-15-5-8-18-33(30)40/h2*1-26H;1-25H. The van der Waals surface area contributed by atoms with Crippen LogP contribution in [0.1, 0.15) is 0 Å². The van der Waals surface area contributed by atoms with Crippen molar-refractivity contribution in [3.8, 4) is 119 Å². The normalized spacial score (nSPS) is 11.6. The van der Waals surface area contributed by atoms with Crippen LogP contribution in [0.4, 0.5) is 17.1 Å². The monoisotopic (exact) mass is 1720 g/mol. The van der Waals surface area contributed by atoms with Gasteiger partial charge in [0.2, 0.25) is 17.1 Å². The molecule has 0 spiro atoms. The minimum Gasteiger partial charge on any atom is -0.438 e. The molecule has 18 aromatic carbocycles. The van der Waals surface area contributed by atoms with Gasteiger partial charge < -0.3 is 22.7 Å². The highest BCUT2D eigenvalue weighted by molar-refractivity contribution is 6.14. The first-order valence-electron chi connectivity index (χ1n) is 44.8. The van der Waals surface area contributed by atoms with Crippen molar-refractivity contribution in [1.29, 1.82) is 0 Å². The summed E-state index contributed by atoms with van der Waals surface area (Å²) in [4.78, 5) is 31.7. The van der Waals surface area contributed by atoms with Crippen LogP contribution in [0.3, 0.4) is 0 Å². The van der Waals surface area contributed by atoms with Gasteiger partial charge in [0, 0.05) is 82.9 Å². The van der Waals surface area contributed by atoms with Crippen molar-refractivity contribution in [2.24, 2.45) is 0 Å². The summed E-state index contributed by atoms with van der Waals surface area (Å²) in [6.45, 7) is 0. The summed E-state index contributed by atoms with van der Waals surface area (Å²) in [5, 5.41) is 5.93. The van der Waals surface area contributed by atoms with Gasteiger partial charge in [0.15, 0.2) is 51.7 Å². The van der Waals surface area contributed by atoms with E-state index in [4.69, 9.17) is 43.2 Å². The van der Waals surface area contributed by atoms with Crippen LogP contribution in [0.5, 0.6) is 0 Å². The Labute approximate surface area is 768 Å². The van der Waals surface area contributed by atoms with Gasteiger partial charge in [0.05, 0.1) is 55.3 Å². The highest BCUT2D eigenvalue weighted by Crippen LogP contribution is 2.49. The number of anilines is 3. The predicted octanol–water partition coefficient (Wildman–Crippen LogP) is 31.1. The van der Waals surface area contributed by atoms with Crippen molar-refractivity contribution >= 4 is 122 Å². The molecule has 630 valence electrons. The van der Waals surface area contributed by atoms with Gasteiger partial charge >= 0.3 is 0 Å². The van der Waals surface area contributed by atoms with E-state index in [2.05, 4.69) is 326 Å². The first-order valence-corrected chi connectivity index (χ1v) is 44.8. The van der Waals surface area contributed by atoms with Crippen molar-refractivity contribution in [2.45, 2.75) is 0 Å². The third-order valence-electron chi connectivity index (χ3n) is 25.3. The topological polar surface area (TPSA) is 138 Å². The van der Waals surface area contributed by atoms with E-state index >= 15 is 0 Å². The van der Waals surface area contributed by atoms with Gasteiger partial charge in [-0.3, -0.25) is 13.2 Å². The molecule has 14 heteroatoms. The Balaban J connectivity index is 0.000000108. The second kappa shape index (κ2) is 33.0. The second-order valence-corrected chi connectivity index (χ2v) is 33.2. The fraction of sp³-hybridized carbons (Fsp3) is 0. The summed E-state index contributed by atoms with van der Waals surface area (Å²) >= 11 is 0. The predicted molar refractivity (Wildman–Crippen MR) is 544 cm³/mol. The van der Waals surface area contributed by atoms with Crippen LogP contribution >= 0.6 is 0 Å². The molecule has 9 heterocycles. The maximum atomic E-state index is 6.59. The highest BCUT2D eigenvalue weighted by Gasteiger charge is 2.29. The van der Waals surface area contributed by atoms with Gasteiger partial charge in [-0.2, -0.15) is 0 Å². The summed E-state index contributed by atoms with van der Waals surface area (Å²) in [6.07, 6.45) is 0. The zero-order valence-electron chi connectivity index (χ0n) is 72.1. The van der Waals surface area contributed by atoms with Gasteiger partial charge in [0.1, 0.15) is 5.69 Å². The summed E-state index contributed by atoms with van der Waals surface area (Å²) < 4.78 is 28.8. The van der Waals surface area contributed by atoms with E-state index in [1.165, 1.54) is 27.4 Å². The van der Waals surface area contributed by atoms with Crippen LogP contribution in [-0.2, 0) is 0 Å². The molecule has 0 aliphatic heterocycles. The van der Waals surface area contributed by atoms with Crippen molar-refractivity contribution < 1.29 is 13.3 Å². The molecule has 9 aromatic heterocycles. The Bertz CT molecular complexity index is 8920. The van der Waals surface area contributed by atoms with E-state index in [0.717, 1.165) is 178 Å². The molecule has 0 radical (unpaired) electrons. The molecule has 0 saturated carbocycles. The number of rotatable bonds is 14. The Morgan fingerprint density at radius 1 is 0.194 bits per heavy atom. The summed E-state index contributed by atoms with van der Waals surface area (Å²) in [6, 6.07) is 161. The number of oxazole rings is 3. The maximum Gasteiger partial charge on any atom is 0.230 e. The van der Waals surface area contributed by atoms with Crippen LogP contribution in [0.15, 0.2) is 480 Å². The van der Waals surface area contributed by atoms with Crippen molar-refractivity contribution in [3.05, 3.63) is 467 Å². The van der Waals surface area contributed by atoms with Crippen LogP contribution in [0.25, 0.3) is 223 Å². The molecule has 0 atom stereocenters. The van der Waals surface area contributed by atoms with E-state index in [9.17, 15) is 0 Å². The minimum atomic E-state index is 0.626. The van der Waals surface area contributed by atoms with Crippen LogP contribution in [0, 0.1) is 0 Å². The number of benzene rings is 18. The van der Waals surface area contributed by atoms with Crippen LogP contribution in [0.2, 0.25) is 0 Å². The minimum absolute atomic E-state index is 0.626. The molecule has 134 heavy (non-hydrogen) atoms. The molecule has 27 aromatic rings. The van der Waals surface area contributed by atoms with Crippen molar-refractivity contribution in [1.82, 2.24) is 47.7 Å². The number of aromatic nitrogens is 10. The average Bonchev–Trinajstić information content (AvgIpc) is 1.55. The number of para-hydroxylation sites is 11. The van der Waals surface area contributed by atoms with Gasteiger partial charge in [-0.1, -0.05) is 370 Å². The molecular weight excluding hydrogens is 1640 g/mol. The highest BCUT2D eigenvalue weighted by atomic mass is 16.4. The quantitative estimate of drug-likeness (QED) is 0.103. The van der Waals surface area contributed by atoms with Gasteiger partial charge in [0.25, 0.3) is 0 Å². The number of nitrogens with zero attached hydrogens (tertiary/aromatic N) is 11. The average molecular weight is 1720 g/mol.